The molecule has 0 spiro atoms. The first-order valence-corrected chi connectivity index (χ1v) is 9.41. The summed E-state index contributed by atoms with van der Waals surface area (Å²) in [5.41, 5.74) is 3.66. The number of aliphatic imine (C=N–C) groups is 1. The fourth-order valence-corrected chi connectivity index (χ4v) is 3.42. The lowest BCUT2D eigenvalue weighted by atomic mass is 9.94. The van der Waals surface area contributed by atoms with Crippen molar-refractivity contribution in [2.45, 2.75) is 32.8 Å². The summed E-state index contributed by atoms with van der Waals surface area (Å²) in [7, 11) is 1.69. The number of fused-ring (bicyclic) bond motifs is 1. The number of hydrogen-bond donors (Lipinski definition) is 0. The zero-order valence-electron chi connectivity index (χ0n) is 14.9. The van der Waals surface area contributed by atoms with Crippen LogP contribution in [-0.2, 0) is 16.7 Å². The van der Waals surface area contributed by atoms with Gasteiger partial charge in [-0.05, 0) is 49.4 Å². The average molecular weight is 433 g/mol. The molecule has 0 atom stereocenters. The van der Waals surface area contributed by atoms with E-state index < -0.39 is 0 Å². The third kappa shape index (κ3) is 6.40. The Balaban J connectivity index is 0.000000791. The lowest BCUT2D eigenvalue weighted by Crippen LogP contribution is -2.16. The second-order valence-electron chi connectivity index (χ2n) is 5.72. The molecule has 3 radical (unpaired) electrons. The van der Waals surface area contributed by atoms with E-state index in [1.54, 1.807) is 18.4 Å². The van der Waals surface area contributed by atoms with Gasteiger partial charge in [0.1, 0.15) is 0 Å². The molecule has 1 aliphatic heterocycles. The Morgan fingerprint density at radius 3 is 2.54 bits per heavy atom. The predicted octanol–water partition coefficient (Wildman–Crippen LogP) is 6.30. The molecule has 0 aliphatic carbocycles. The van der Waals surface area contributed by atoms with Gasteiger partial charge in [0.25, 0.3) is 0 Å². The highest BCUT2D eigenvalue weighted by molar-refractivity contribution is 7.10. The van der Waals surface area contributed by atoms with Crippen LogP contribution in [-0.4, -0.2) is 25.5 Å². The largest absolute Gasteiger partial charge is 0.493 e. The Morgan fingerprint density at radius 1 is 1.23 bits per heavy atom. The molecular formula is C18H21Cl2NO3PS. The van der Waals surface area contributed by atoms with Crippen molar-refractivity contribution in [3.8, 4) is 11.5 Å². The Hall–Kier alpha value is -0.840. The summed E-state index contributed by atoms with van der Waals surface area (Å²) in [5.74, 6) is 1.61. The minimum atomic E-state index is 0. The highest BCUT2D eigenvalue weighted by Gasteiger charge is 2.19. The molecule has 1 aliphatic rings. The van der Waals surface area contributed by atoms with E-state index in [-0.39, 0.29) is 16.0 Å². The maximum Gasteiger partial charge on any atom is 0.162 e. The van der Waals surface area contributed by atoms with Crippen LogP contribution in [0.15, 0.2) is 34.6 Å². The summed E-state index contributed by atoms with van der Waals surface area (Å²) < 4.78 is 14.6. The van der Waals surface area contributed by atoms with Gasteiger partial charge in [0, 0.05) is 39.0 Å². The van der Waals surface area contributed by atoms with Gasteiger partial charge in [-0.1, -0.05) is 6.07 Å². The van der Waals surface area contributed by atoms with Crippen molar-refractivity contribution < 1.29 is 13.3 Å². The Bertz CT molecular complexity index is 709. The van der Waals surface area contributed by atoms with Crippen molar-refractivity contribution in [2.75, 3.05) is 13.7 Å². The van der Waals surface area contributed by atoms with Crippen molar-refractivity contribution >= 4 is 50.7 Å². The van der Waals surface area contributed by atoms with Crippen LogP contribution in [0.3, 0.4) is 0 Å². The van der Waals surface area contributed by atoms with Gasteiger partial charge >= 0.3 is 0 Å². The SMILES string of the molecule is COc1cc2c(cc1OC(C)C)C(Cc1cccs1)=NCC2.ClOCl.[P]. The molecule has 0 N–H and O–H groups in total. The molecule has 0 amide bonds. The number of methoxy groups -OCH3 is 1. The topological polar surface area (TPSA) is 40.0 Å². The summed E-state index contributed by atoms with van der Waals surface area (Å²) in [6.45, 7) is 4.90. The molecule has 2 heterocycles. The molecular weight excluding hydrogens is 412 g/mol. The molecule has 2 aromatic rings. The number of benzene rings is 1. The smallest absolute Gasteiger partial charge is 0.162 e. The summed E-state index contributed by atoms with van der Waals surface area (Å²) in [6, 6.07) is 8.46. The van der Waals surface area contributed by atoms with Crippen molar-refractivity contribution in [3.05, 3.63) is 45.6 Å². The molecule has 8 heteroatoms. The molecule has 1 aromatic heterocycles. The lowest BCUT2D eigenvalue weighted by molar-refractivity contribution is 0.230. The second kappa shape index (κ2) is 11.8. The maximum atomic E-state index is 5.91. The molecule has 0 bridgehead atoms. The maximum absolute atomic E-state index is 5.91. The van der Waals surface area contributed by atoms with E-state index in [0.29, 0.717) is 0 Å². The fourth-order valence-electron chi connectivity index (χ4n) is 2.71. The van der Waals surface area contributed by atoms with Gasteiger partial charge in [0.05, 0.1) is 36.9 Å². The van der Waals surface area contributed by atoms with E-state index in [2.05, 4.69) is 57.2 Å². The number of rotatable bonds is 5. The fraction of sp³-hybridized carbons (Fsp3) is 0.389. The number of nitrogens with zero attached hydrogens (tertiary/aromatic N) is 1. The number of halogens is 2. The zero-order chi connectivity index (χ0) is 18.2. The lowest BCUT2D eigenvalue weighted by Gasteiger charge is -2.21. The summed E-state index contributed by atoms with van der Waals surface area (Å²) in [4.78, 5) is 6.09. The standard InChI is InChI=1S/C18H21NO2S.Cl2O.P/c1-12(2)21-18-11-15-13(9-17(18)20-3)6-7-19-16(15)10-14-5-4-8-22-14;1-3-2;/h4-5,8-9,11-12H,6-7,10H2,1-3H3;;. The molecule has 0 unspecified atom stereocenters. The van der Waals surface area contributed by atoms with Crippen LogP contribution in [0, 0.1) is 0 Å². The van der Waals surface area contributed by atoms with Crippen molar-refractivity contribution in [2.24, 2.45) is 4.99 Å². The van der Waals surface area contributed by atoms with E-state index in [4.69, 9.17) is 14.5 Å². The van der Waals surface area contributed by atoms with Crippen molar-refractivity contribution in [1.82, 2.24) is 0 Å². The molecule has 0 saturated carbocycles. The number of hydrogen-bond acceptors (Lipinski definition) is 5. The minimum Gasteiger partial charge on any atom is -0.493 e. The van der Waals surface area contributed by atoms with Gasteiger partial charge in [-0.3, -0.25) is 4.99 Å². The van der Waals surface area contributed by atoms with E-state index in [9.17, 15) is 0 Å². The third-order valence-corrected chi connectivity index (χ3v) is 4.55. The Morgan fingerprint density at radius 2 is 1.96 bits per heavy atom. The van der Waals surface area contributed by atoms with E-state index in [1.165, 1.54) is 16.0 Å². The first-order valence-electron chi connectivity index (χ1n) is 7.92. The summed E-state index contributed by atoms with van der Waals surface area (Å²) in [6.07, 6.45) is 1.97. The van der Waals surface area contributed by atoms with Gasteiger partial charge in [-0.25, -0.2) is 0 Å². The van der Waals surface area contributed by atoms with Gasteiger partial charge in [-0.15, -0.1) is 11.3 Å². The van der Waals surface area contributed by atoms with Crippen LogP contribution in [0.2, 0.25) is 0 Å². The molecule has 141 valence electrons. The summed E-state index contributed by atoms with van der Waals surface area (Å²) in [5, 5.41) is 2.11. The highest BCUT2D eigenvalue weighted by atomic mass is 35.6. The summed E-state index contributed by atoms with van der Waals surface area (Å²) >= 11 is 10.3. The van der Waals surface area contributed by atoms with Crippen LogP contribution in [0.25, 0.3) is 0 Å². The van der Waals surface area contributed by atoms with Crippen LogP contribution in [0.4, 0.5) is 0 Å². The quantitative estimate of drug-likeness (QED) is 0.520. The van der Waals surface area contributed by atoms with Crippen LogP contribution >= 0.6 is 45.0 Å². The van der Waals surface area contributed by atoms with Gasteiger partial charge in [0.15, 0.2) is 11.5 Å². The van der Waals surface area contributed by atoms with Crippen LogP contribution in [0.5, 0.6) is 11.5 Å². The Labute approximate surface area is 172 Å². The second-order valence-corrected chi connectivity index (χ2v) is 7.22. The zero-order valence-corrected chi connectivity index (χ0v) is 18.1. The monoisotopic (exact) mass is 432 g/mol. The van der Waals surface area contributed by atoms with Crippen LogP contribution in [0.1, 0.15) is 29.9 Å². The molecule has 3 rings (SSSR count). The minimum absolute atomic E-state index is 0. The van der Waals surface area contributed by atoms with Gasteiger partial charge < -0.3 is 9.47 Å². The molecule has 26 heavy (non-hydrogen) atoms. The van der Waals surface area contributed by atoms with Crippen molar-refractivity contribution in [1.29, 1.82) is 0 Å². The van der Waals surface area contributed by atoms with E-state index in [1.807, 2.05) is 13.8 Å². The third-order valence-electron chi connectivity index (χ3n) is 3.67. The first-order chi connectivity index (χ1) is 12.1. The van der Waals surface area contributed by atoms with Gasteiger partial charge in [-0.2, -0.15) is 3.84 Å². The van der Waals surface area contributed by atoms with E-state index in [0.717, 1.165) is 36.6 Å². The van der Waals surface area contributed by atoms with Crippen molar-refractivity contribution in [3.63, 3.8) is 0 Å². The highest BCUT2D eigenvalue weighted by Crippen LogP contribution is 2.34. The van der Waals surface area contributed by atoms with Gasteiger partial charge in [0.2, 0.25) is 0 Å². The molecule has 0 fully saturated rings. The molecule has 0 saturated heterocycles. The van der Waals surface area contributed by atoms with E-state index >= 15 is 0 Å². The molecule has 1 aromatic carbocycles. The average Bonchev–Trinajstić information content (AvgIpc) is 3.08. The Kier molecular flexibility index (Phi) is 10.5. The predicted molar refractivity (Wildman–Crippen MR) is 112 cm³/mol. The molecule has 4 nitrogen and oxygen atoms in total. The first kappa shape index (κ1) is 23.2. The number of ether oxygens (including phenoxy) is 2. The normalized spacial score (nSPS) is 12.3. The van der Waals surface area contributed by atoms with Crippen LogP contribution < -0.4 is 9.47 Å². The number of thiophene rings is 1.